The van der Waals surface area contributed by atoms with Crippen molar-refractivity contribution in [3.05, 3.63) is 142 Å². The highest BCUT2D eigenvalue weighted by Gasteiger charge is 2.39. The van der Waals surface area contributed by atoms with E-state index in [1.807, 2.05) is 0 Å². The van der Waals surface area contributed by atoms with Gasteiger partial charge in [0.05, 0.1) is 17.5 Å². The summed E-state index contributed by atoms with van der Waals surface area (Å²) in [5, 5.41) is 11.7. The molecule has 5 heterocycles. The van der Waals surface area contributed by atoms with Gasteiger partial charge in [0.1, 0.15) is 5.82 Å². The molecule has 234 valence electrons. The van der Waals surface area contributed by atoms with E-state index in [1.54, 1.807) is 0 Å². The van der Waals surface area contributed by atoms with E-state index >= 15 is 0 Å². The Kier molecular flexibility index (Phi) is 8.22. The molecule has 6 nitrogen and oxygen atoms in total. The second-order valence-corrected chi connectivity index (χ2v) is 12.7. The lowest BCUT2D eigenvalue weighted by Gasteiger charge is -2.38. The van der Waals surface area contributed by atoms with Crippen LogP contribution in [-0.2, 0) is 4.74 Å². The molecule has 0 amide bonds. The van der Waals surface area contributed by atoms with Crippen molar-refractivity contribution in [1.82, 2.24) is 20.4 Å². The van der Waals surface area contributed by atoms with Crippen LogP contribution in [0, 0.1) is 0 Å². The van der Waals surface area contributed by atoms with Crippen molar-refractivity contribution in [2.45, 2.75) is 31.8 Å². The Morgan fingerprint density at radius 1 is 0.674 bits per heavy atom. The van der Waals surface area contributed by atoms with E-state index in [2.05, 4.69) is 129 Å². The summed E-state index contributed by atoms with van der Waals surface area (Å²) in [4.78, 5) is 5.23. The minimum absolute atomic E-state index is 0.0155. The van der Waals surface area contributed by atoms with Crippen LogP contribution in [0.2, 0.25) is 0 Å². The molecule has 3 aromatic carbocycles. The SMILES string of the molecule is C1=Cc2ccccc2NC(C2=C(C3CCCO3)C(N3CCNCC3)=C(N3CCCC3)NC(c3ccccc3)=C2c2ccccc2)=C1. The first-order valence-corrected chi connectivity index (χ1v) is 17.0. The molecule has 46 heavy (non-hydrogen) atoms. The third-order valence-corrected chi connectivity index (χ3v) is 9.76. The molecule has 3 saturated heterocycles. The first-order valence-electron chi connectivity index (χ1n) is 17.0. The van der Waals surface area contributed by atoms with Gasteiger partial charge >= 0.3 is 0 Å². The van der Waals surface area contributed by atoms with Crippen molar-refractivity contribution in [3.63, 3.8) is 0 Å². The Labute approximate surface area is 272 Å². The number of anilines is 1. The normalized spacial score (nSPS) is 21.9. The second-order valence-electron chi connectivity index (χ2n) is 12.7. The first-order chi connectivity index (χ1) is 22.8. The molecule has 1 unspecified atom stereocenters. The third kappa shape index (κ3) is 5.57. The predicted octanol–water partition coefficient (Wildman–Crippen LogP) is 6.83. The summed E-state index contributed by atoms with van der Waals surface area (Å²) >= 11 is 0. The molecule has 0 radical (unpaired) electrons. The largest absolute Gasteiger partial charge is 0.373 e. The topological polar surface area (TPSA) is 51.8 Å². The number of ether oxygens (including phenoxy) is 1. The zero-order valence-electron chi connectivity index (χ0n) is 26.5. The van der Waals surface area contributed by atoms with Crippen LogP contribution in [-0.4, -0.2) is 61.8 Å². The van der Waals surface area contributed by atoms with Gasteiger partial charge in [-0.1, -0.05) is 91.0 Å². The quantitative estimate of drug-likeness (QED) is 0.285. The van der Waals surface area contributed by atoms with Gasteiger partial charge in [-0.05, 0) is 54.5 Å². The Hall–Kier alpha value is -4.52. The highest BCUT2D eigenvalue weighted by atomic mass is 16.5. The lowest BCUT2D eigenvalue weighted by Crippen LogP contribution is -2.46. The lowest BCUT2D eigenvalue weighted by atomic mass is 9.85. The van der Waals surface area contributed by atoms with Gasteiger partial charge in [0.15, 0.2) is 0 Å². The Morgan fingerprint density at radius 3 is 2.13 bits per heavy atom. The summed E-state index contributed by atoms with van der Waals surface area (Å²) in [6.45, 7) is 6.72. The Morgan fingerprint density at radius 2 is 1.39 bits per heavy atom. The number of hydrogen-bond acceptors (Lipinski definition) is 6. The van der Waals surface area contributed by atoms with Crippen molar-refractivity contribution >= 4 is 23.0 Å². The number of nitrogens with zero attached hydrogens (tertiary/aromatic N) is 2. The molecule has 3 aromatic rings. The smallest absolute Gasteiger partial charge is 0.130 e. The Balaban J connectivity index is 1.49. The summed E-state index contributed by atoms with van der Waals surface area (Å²) in [5.74, 6) is 1.22. The van der Waals surface area contributed by atoms with Crippen LogP contribution in [0.25, 0.3) is 17.3 Å². The van der Waals surface area contributed by atoms with Gasteiger partial charge in [-0.15, -0.1) is 0 Å². The minimum atomic E-state index is -0.0155. The number of hydrogen-bond donors (Lipinski definition) is 3. The number of rotatable bonds is 6. The standard InChI is InChI=1S/C40H43N5O/c1-3-14-30(15-4-1)35-36(33-20-11-18-29-13-7-8-19-32(29)42-33)37(34-21-12-28-46-34)39(44-26-22-41-23-27-44)40(45-24-9-10-25-45)43-38(35)31-16-5-2-6-17-31/h1-8,11,13-20,34,41-43H,9-10,12,21-28H2. The fourth-order valence-corrected chi connectivity index (χ4v) is 7.57. The van der Waals surface area contributed by atoms with Crippen LogP contribution >= 0.6 is 0 Å². The third-order valence-electron chi connectivity index (χ3n) is 9.76. The number of para-hydroxylation sites is 1. The van der Waals surface area contributed by atoms with Gasteiger partial charge in [0, 0.05) is 74.0 Å². The van der Waals surface area contributed by atoms with E-state index in [9.17, 15) is 0 Å². The molecule has 8 rings (SSSR count). The molecule has 0 saturated carbocycles. The molecule has 0 bridgehead atoms. The van der Waals surface area contributed by atoms with E-state index < -0.39 is 0 Å². The van der Waals surface area contributed by atoms with Crippen LogP contribution in [0.4, 0.5) is 5.69 Å². The van der Waals surface area contributed by atoms with Crippen LogP contribution < -0.4 is 16.0 Å². The summed E-state index contributed by atoms with van der Waals surface area (Å²) in [5.41, 5.74) is 11.9. The Bertz CT molecular complexity index is 1720. The molecule has 0 aromatic heterocycles. The van der Waals surface area contributed by atoms with Gasteiger partial charge in [-0.3, -0.25) is 0 Å². The number of nitrogens with one attached hydrogen (secondary N) is 3. The van der Waals surface area contributed by atoms with Crippen molar-refractivity contribution in [2.75, 3.05) is 51.2 Å². The number of allylic oxidation sites excluding steroid dienone is 3. The van der Waals surface area contributed by atoms with Crippen LogP contribution in [0.1, 0.15) is 42.4 Å². The molecule has 3 fully saturated rings. The van der Waals surface area contributed by atoms with Crippen LogP contribution in [0.15, 0.2) is 125 Å². The maximum Gasteiger partial charge on any atom is 0.130 e. The highest BCUT2D eigenvalue weighted by Crippen LogP contribution is 2.46. The minimum Gasteiger partial charge on any atom is -0.373 e. The summed E-state index contributed by atoms with van der Waals surface area (Å²) in [7, 11) is 0. The molecule has 0 aliphatic carbocycles. The fraction of sp³-hybridized carbons (Fsp3) is 0.300. The molecule has 0 spiro atoms. The molecular weight excluding hydrogens is 566 g/mol. The molecule has 5 aliphatic rings. The molecule has 1 atom stereocenters. The van der Waals surface area contributed by atoms with E-state index in [-0.39, 0.29) is 6.10 Å². The maximum absolute atomic E-state index is 6.75. The summed E-state index contributed by atoms with van der Waals surface area (Å²) < 4.78 is 6.75. The number of benzene rings is 3. The van der Waals surface area contributed by atoms with Crippen molar-refractivity contribution in [2.24, 2.45) is 0 Å². The summed E-state index contributed by atoms with van der Waals surface area (Å²) in [6, 6.07) is 30.5. The van der Waals surface area contributed by atoms with Gasteiger partial charge in [-0.2, -0.15) is 0 Å². The van der Waals surface area contributed by atoms with Crippen LogP contribution in [0.3, 0.4) is 0 Å². The average molecular weight is 610 g/mol. The van der Waals surface area contributed by atoms with Crippen molar-refractivity contribution in [3.8, 4) is 0 Å². The van der Waals surface area contributed by atoms with Crippen molar-refractivity contribution < 1.29 is 4.74 Å². The first kappa shape index (κ1) is 28.9. The van der Waals surface area contributed by atoms with Gasteiger partial charge in [0.25, 0.3) is 0 Å². The zero-order valence-corrected chi connectivity index (χ0v) is 26.5. The van der Waals surface area contributed by atoms with Gasteiger partial charge in [0.2, 0.25) is 0 Å². The van der Waals surface area contributed by atoms with E-state index in [1.165, 1.54) is 57.8 Å². The van der Waals surface area contributed by atoms with Crippen molar-refractivity contribution in [1.29, 1.82) is 0 Å². The molecular formula is C40H43N5O. The van der Waals surface area contributed by atoms with Gasteiger partial charge in [-0.25, -0.2) is 0 Å². The van der Waals surface area contributed by atoms with Gasteiger partial charge < -0.3 is 30.5 Å². The molecule has 3 N–H and O–H groups in total. The zero-order chi connectivity index (χ0) is 30.7. The predicted molar refractivity (Wildman–Crippen MR) is 188 cm³/mol. The summed E-state index contributed by atoms with van der Waals surface area (Å²) in [6.07, 6.45) is 11.1. The maximum atomic E-state index is 6.75. The molecule has 6 heteroatoms. The van der Waals surface area contributed by atoms with Crippen LogP contribution in [0.5, 0.6) is 0 Å². The average Bonchev–Trinajstić information content (AvgIpc) is 3.79. The fourth-order valence-electron chi connectivity index (χ4n) is 7.57. The highest BCUT2D eigenvalue weighted by molar-refractivity contribution is 6.03. The lowest BCUT2D eigenvalue weighted by molar-refractivity contribution is 0.132. The number of likely N-dealkylation sites (tertiary alicyclic amines) is 1. The number of fused-ring (bicyclic) bond motifs is 1. The second kappa shape index (κ2) is 13.1. The number of piperazine rings is 1. The van der Waals surface area contributed by atoms with E-state index in [4.69, 9.17) is 4.74 Å². The molecule has 5 aliphatic heterocycles. The van der Waals surface area contributed by atoms with E-state index in [0.29, 0.717) is 0 Å². The monoisotopic (exact) mass is 609 g/mol. The van der Waals surface area contributed by atoms with E-state index in [0.717, 1.165) is 75.8 Å².